The highest BCUT2D eigenvalue weighted by Gasteiger charge is 2.24. The molecule has 1 N–H and O–H groups in total. The van der Waals surface area contributed by atoms with Gasteiger partial charge < -0.3 is 9.88 Å². The Morgan fingerprint density at radius 2 is 2.24 bits per heavy atom. The number of anilines is 1. The van der Waals surface area contributed by atoms with E-state index in [9.17, 15) is 10.1 Å². The lowest BCUT2D eigenvalue weighted by Gasteiger charge is -2.07. The molecule has 8 heteroatoms. The fourth-order valence-electron chi connectivity index (χ4n) is 2.24. The summed E-state index contributed by atoms with van der Waals surface area (Å²) < 4.78 is 3.66. The lowest BCUT2D eigenvalue weighted by molar-refractivity contribution is -0.384. The second kappa shape index (κ2) is 6.87. The van der Waals surface area contributed by atoms with E-state index in [0.717, 1.165) is 19.4 Å². The number of nitro groups is 1. The molecule has 0 amide bonds. The average Bonchev–Trinajstić information content (AvgIpc) is 3.05. The minimum atomic E-state index is -0.373. The summed E-state index contributed by atoms with van der Waals surface area (Å²) in [5, 5.41) is 18.5. The van der Waals surface area contributed by atoms with Crippen LogP contribution >= 0.6 is 0 Å². The van der Waals surface area contributed by atoms with Gasteiger partial charge in [-0.15, -0.1) is 0 Å². The van der Waals surface area contributed by atoms with Gasteiger partial charge in [0.25, 0.3) is 0 Å². The van der Waals surface area contributed by atoms with Gasteiger partial charge in [-0.1, -0.05) is 0 Å². The van der Waals surface area contributed by atoms with Crippen molar-refractivity contribution < 1.29 is 4.92 Å². The van der Waals surface area contributed by atoms with E-state index in [1.54, 1.807) is 24.1 Å². The average molecular weight is 292 g/mol. The Labute approximate surface area is 122 Å². The Hall–Kier alpha value is -2.38. The first kappa shape index (κ1) is 15.0. The van der Waals surface area contributed by atoms with Gasteiger partial charge in [0.05, 0.1) is 11.3 Å². The van der Waals surface area contributed by atoms with Gasteiger partial charge in [0, 0.05) is 32.0 Å². The topological polar surface area (TPSA) is 90.8 Å². The fourth-order valence-corrected chi connectivity index (χ4v) is 2.24. The number of nitrogens with one attached hydrogen (secondary N) is 1. The molecule has 0 aliphatic rings. The van der Waals surface area contributed by atoms with Crippen LogP contribution in [0.2, 0.25) is 0 Å². The first-order chi connectivity index (χ1) is 10.1. The van der Waals surface area contributed by atoms with Crippen LogP contribution in [0.1, 0.15) is 25.5 Å². The number of hydrogen-bond acceptors (Lipinski definition) is 5. The highest BCUT2D eigenvalue weighted by atomic mass is 16.6. The Morgan fingerprint density at radius 3 is 2.86 bits per heavy atom. The maximum atomic E-state index is 11.1. The minimum Gasteiger partial charge on any atom is -0.365 e. The predicted molar refractivity (Wildman–Crippen MR) is 79.2 cm³/mol. The zero-order valence-electron chi connectivity index (χ0n) is 12.3. The highest BCUT2D eigenvalue weighted by Crippen LogP contribution is 2.27. The molecule has 21 heavy (non-hydrogen) atoms. The monoisotopic (exact) mass is 292 g/mol. The summed E-state index contributed by atoms with van der Waals surface area (Å²) in [6.07, 6.45) is 7.37. The summed E-state index contributed by atoms with van der Waals surface area (Å²) in [6.45, 7) is 5.76. The van der Waals surface area contributed by atoms with Crippen molar-refractivity contribution in [3.63, 3.8) is 0 Å². The molecule has 0 aromatic carbocycles. The smallest absolute Gasteiger partial charge is 0.333 e. The normalized spacial score (nSPS) is 10.8. The van der Waals surface area contributed by atoms with Crippen LogP contribution < -0.4 is 5.32 Å². The summed E-state index contributed by atoms with van der Waals surface area (Å²) in [4.78, 5) is 14.7. The number of aromatic nitrogens is 4. The summed E-state index contributed by atoms with van der Waals surface area (Å²) in [6, 6.07) is 0. The number of rotatable bonds is 8. The maximum absolute atomic E-state index is 11.1. The summed E-state index contributed by atoms with van der Waals surface area (Å²) in [5.41, 5.74) is 0.522. The van der Waals surface area contributed by atoms with Crippen molar-refractivity contribution in [1.82, 2.24) is 19.3 Å². The molecule has 2 rings (SSSR count). The molecule has 0 aliphatic carbocycles. The van der Waals surface area contributed by atoms with Gasteiger partial charge in [-0.3, -0.25) is 10.1 Å². The van der Waals surface area contributed by atoms with Crippen LogP contribution in [0.25, 0.3) is 0 Å². The molecule has 0 radical (unpaired) electrons. The first-order valence-electron chi connectivity index (χ1n) is 7.05. The first-order valence-corrected chi connectivity index (χ1v) is 7.05. The van der Waals surface area contributed by atoms with E-state index in [-0.39, 0.29) is 10.6 Å². The van der Waals surface area contributed by atoms with Crippen LogP contribution in [-0.2, 0) is 13.1 Å². The number of nitrogens with zero attached hydrogens (tertiary/aromatic N) is 5. The van der Waals surface area contributed by atoms with E-state index >= 15 is 0 Å². The highest BCUT2D eigenvalue weighted by molar-refractivity contribution is 5.59. The van der Waals surface area contributed by atoms with Gasteiger partial charge in [-0.2, -0.15) is 5.10 Å². The van der Waals surface area contributed by atoms with Crippen molar-refractivity contribution in [3.05, 3.63) is 34.5 Å². The van der Waals surface area contributed by atoms with E-state index in [4.69, 9.17) is 0 Å². The molecule has 0 saturated carbocycles. The van der Waals surface area contributed by atoms with Crippen molar-refractivity contribution in [3.8, 4) is 0 Å². The Balaban J connectivity index is 1.88. The molecular formula is C13H20N6O2. The molecule has 0 bridgehead atoms. The van der Waals surface area contributed by atoms with Crippen molar-refractivity contribution in [2.75, 3.05) is 11.9 Å². The molecule has 0 spiro atoms. The van der Waals surface area contributed by atoms with Gasteiger partial charge in [-0.05, 0) is 26.7 Å². The van der Waals surface area contributed by atoms with Crippen LogP contribution in [0, 0.1) is 17.0 Å². The maximum Gasteiger partial charge on any atom is 0.333 e. The van der Waals surface area contributed by atoms with E-state index in [0.29, 0.717) is 24.6 Å². The third-order valence-electron chi connectivity index (χ3n) is 3.27. The van der Waals surface area contributed by atoms with Crippen LogP contribution in [-0.4, -0.2) is 30.8 Å². The molecule has 2 heterocycles. The van der Waals surface area contributed by atoms with Gasteiger partial charge in [0.1, 0.15) is 5.69 Å². The number of hydrogen-bond donors (Lipinski definition) is 1. The minimum absolute atomic E-state index is 0.0754. The van der Waals surface area contributed by atoms with Gasteiger partial charge in [0.15, 0.2) is 0 Å². The van der Waals surface area contributed by atoms with E-state index < -0.39 is 0 Å². The van der Waals surface area contributed by atoms with Crippen molar-refractivity contribution >= 4 is 11.5 Å². The molecule has 0 saturated heterocycles. The summed E-state index contributed by atoms with van der Waals surface area (Å²) in [5.74, 6) is 0.502. The van der Waals surface area contributed by atoms with Crippen LogP contribution in [0.4, 0.5) is 11.5 Å². The zero-order valence-corrected chi connectivity index (χ0v) is 12.3. The predicted octanol–water partition coefficient (Wildman–Crippen LogP) is 2.21. The summed E-state index contributed by atoms with van der Waals surface area (Å²) in [7, 11) is 0. The van der Waals surface area contributed by atoms with E-state index in [1.165, 1.54) is 0 Å². The Morgan fingerprint density at radius 1 is 1.43 bits per heavy atom. The molecule has 0 aliphatic heterocycles. The standard InChI is InChI=1S/C13H20N6O2/c1-3-18-13(12(19(20)21)11(2)16-18)15-6-4-5-8-17-9-7-14-10-17/h7,9-10,15H,3-6,8H2,1-2H3. The van der Waals surface area contributed by atoms with Crippen LogP contribution in [0.15, 0.2) is 18.7 Å². The summed E-state index contributed by atoms with van der Waals surface area (Å²) >= 11 is 0. The van der Waals surface area contributed by atoms with Gasteiger partial charge >= 0.3 is 5.69 Å². The zero-order chi connectivity index (χ0) is 15.2. The molecule has 8 nitrogen and oxygen atoms in total. The van der Waals surface area contributed by atoms with E-state index in [1.807, 2.05) is 17.7 Å². The van der Waals surface area contributed by atoms with Crippen molar-refractivity contribution in [1.29, 1.82) is 0 Å². The SMILES string of the molecule is CCn1nc(C)c([N+](=O)[O-])c1NCCCCn1ccnc1. The number of unbranched alkanes of at least 4 members (excludes halogenated alkanes) is 1. The van der Waals surface area contributed by atoms with Crippen molar-refractivity contribution in [2.45, 2.75) is 39.8 Å². The van der Waals surface area contributed by atoms with E-state index in [2.05, 4.69) is 15.4 Å². The van der Waals surface area contributed by atoms with Gasteiger partial charge in [0.2, 0.25) is 5.82 Å². The third-order valence-corrected chi connectivity index (χ3v) is 3.27. The second-order valence-corrected chi connectivity index (χ2v) is 4.79. The molecular weight excluding hydrogens is 272 g/mol. The van der Waals surface area contributed by atoms with Crippen LogP contribution in [0.5, 0.6) is 0 Å². The Kier molecular flexibility index (Phi) is 4.91. The molecule has 0 fully saturated rings. The number of aryl methyl sites for hydroxylation is 3. The van der Waals surface area contributed by atoms with Crippen molar-refractivity contribution in [2.24, 2.45) is 0 Å². The second-order valence-electron chi connectivity index (χ2n) is 4.79. The fraction of sp³-hybridized carbons (Fsp3) is 0.538. The molecule has 0 atom stereocenters. The lowest BCUT2D eigenvalue weighted by Crippen LogP contribution is -2.10. The van der Waals surface area contributed by atoms with Crippen LogP contribution in [0.3, 0.4) is 0 Å². The molecule has 2 aromatic rings. The molecule has 114 valence electrons. The largest absolute Gasteiger partial charge is 0.365 e. The lowest BCUT2D eigenvalue weighted by atomic mass is 10.3. The quantitative estimate of drug-likeness (QED) is 0.457. The number of imidazole rings is 1. The molecule has 0 unspecified atom stereocenters. The van der Waals surface area contributed by atoms with Gasteiger partial charge in [-0.25, -0.2) is 9.67 Å². The molecule has 2 aromatic heterocycles. The third kappa shape index (κ3) is 3.59. The Bertz CT molecular complexity index is 590.